The van der Waals surface area contributed by atoms with Gasteiger partial charge in [-0.1, -0.05) is 37.0 Å². The molecule has 1 nitrogen and oxygen atoms in total. The van der Waals surface area contributed by atoms with Crippen LogP contribution in [0.2, 0.25) is 0 Å². The Kier molecular flexibility index (Phi) is 4.08. The lowest BCUT2D eigenvalue weighted by Gasteiger charge is -1.98. The van der Waals surface area contributed by atoms with E-state index in [1.807, 2.05) is 18.2 Å². The minimum absolute atomic E-state index is 0.140. The molecular weight excluding hydrogens is 160 g/mol. The molecule has 68 valence electrons. The van der Waals surface area contributed by atoms with Crippen molar-refractivity contribution in [1.29, 1.82) is 0 Å². The molecule has 13 heavy (non-hydrogen) atoms. The zero-order valence-electron chi connectivity index (χ0n) is 7.88. The van der Waals surface area contributed by atoms with Crippen LogP contribution in [0.5, 0.6) is 0 Å². The summed E-state index contributed by atoms with van der Waals surface area (Å²) >= 11 is 0. The second-order valence-electron chi connectivity index (χ2n) is 2.79. The van der Waals surface area contributed by atoms with E-state index in [1.54, 1.807) is 0 Å². The number of aliphatic hydroxyl groups is 1. The molecule has 0 aliphatic rings. The normalized spacial score (nSPS) is 9.08. The van der Waals surface area contributed by atoms with Crippen LogP contribution in [0.3, 0.4) is 0 Å². The van der Waals surface area contributed by atoms with Gasteiger partial charge in [0.2, 0.25) is 0 Å². The lowest BCUT2D eigenvalue weighted by molar-refractivity contribution is 0.305. The highest BCUT2D eigenvalue weighted by atomic mass is 16.2. The van der Waals surface area contributed by atoms with Crippen LogP contribution in [0.25, 0.3) is 0 Å². The quantitative estimate of drug-likeness (QED) is 0.680. The molecule has 1 aromatic carbocycles. The van der Waals surface area contributed by atoms with Crippen molar-refractivity contribution in [3.05, 3.63) is 35.4 Å². The molecule has 0 saturated carbocycles. The van der Waals surface area contributed by atoms with Gasteiger partial charge in [0, 0.05) is 12.0 Å². The Hall–Kier alpha value is -1.26. The van der Waals surface area contributed by atoms with Crippen molar-refractivity contribution in [1.82, 2.24) is 0 Å². The highest BCUT2D eigenvalue weighted by Gasteiger charge is 1.93. The summed E-state index contributed by atoms with van der Waals surface area (Å²) in [5.41, 5.74) is 2.35. The molecule has 0 aliphatic carbocycles. The van der Waals surface area contributed by atoms with E-state index in [1.165, 1.54) is 5.56 Å². The SMILES string of the molecule is CCc1ccccc1C#CCCO. The van der Waals surface area contributed by atoms with Crippen LogP contribution in [0.15, 0.2) is 24.3 Å². The Balaban J connectivity index is 2.82. The molecule has 0 spiro atoms. The largest absolute Gasteiger partial charge is 0.395 e. The summed E-state index contributed by atoms with van der Waals surface area (Å²) in [7, 11) is 0. The molecule has 0 atom stereocenters. The first-order valence-corrected chi connectivity index (χ1v) is 4.56. The summed E-state index contributed by atoms with van der Waals surface area (Å²) in [6.45, 7) is 2.26. The molecule has 0 fully saturated rings. The van der Waals surface area contributed by atoms with Gasteiger partial charge in [-0.15, -0.1) is 0 Å². The smallest absolute Gasteiger partial charge is 0.0540 e. The number of hydrogen-bond donors (Lipinski definition) is 1. The molecular formula is C12H14O. The van der Waals surface area contributed by atoms with Gasteiger partial charge in [-0.2, -0.15) is 0 Å². The third-order valence-corrected chi connectivity index (χ3v) is 1.86. The molecule has 0 radical (unpaired) electrons. The van der Waals surface area contributed by atoms with E-state index in [9.17, 15) is 0 Å². The van der Waals surface area contributed by atoms with Gasteiger partial charge >= 0.3 is 0 Å². The van der Waals surface area contributed by atoms with E-state index in [4.69, 9.17) is 5.11 Å². The fraction of sp³-hybridized carbons (Fsp3) is 0.333. The fourth-order valence-electron chi connectivity index (χ4n) is 1.16. The fourth-order valence-corrected chi connectivity index (χ4v) is 1.16. The standard InChI is InChI=1S/C12H14O/c1-2-11-7-3-4-8-12(11)9-5-6-10-13/h3-4,7-8,13H,2,6,10H2,1H3. The highest BCUT2D eigenvalue weighted by molar-refractivity contribution is 5.41. The number of hydrogen-bond acceptors (Lipinski definition) is 1. The van der Waals surface area contributed by atoms with E-state index in [2.05, 4.69) is 24.8 Å². The summed E-state index contributed by atoms with van der Waals surface area (Å²) in [6, 6.07) is 8.12. The van der Waals surface area contributed by atoms with Crippen LogP contribution < -0.4 is 0 Å². The van der Waals surface area contributed by atoms with Crippen molar-refractivity contribution < 1.29 is 5.11 Å². The lowest BCUT2D eigenvalue weighted by atomic mass is 10.1. The molecule has 0 amide bonds. The van der Waals surface area contributed by atoms with Gasteiger partial charge in [0.25, 0.3) is 0 Å². The third-order valence-electron chi connectivity index (χ3n) is 1.86. The molecule has 0 aliphatic heterocycles. The molecule has 0 unspecified atom stereocenters. The second-order valence-corrected chi connectivity index (χ2v) is 2.79. The topological polar surface area (TPSA) is 20.2 Å². The highest BCUT2D eigenvalue weighted by Crippen LogP contribution is 2.07. The lowest BCUT2D eigenvalue weighted by Crippen LogP contribution is -1.86. The van der Waals surface area contributed by atoms with Gasteiger partial charge in [0.1, 0.15) is 0 Å². The van der Waals surface area contributed by atoms with Crippen molar-refractivity contribution in [3.8, 4) is 11.8 Å². The van der Waals surface area contributed by atoms with Crippen LogP contribution in [-0.4, -0.2) is 11.7 Å². The van der Waals surface area contributed by atoms with Crippen LogP contribution in [0.1, 0.15) is 24.5 Å². The minimum atomic E-state index is 0.140. The zero-order valence-corrected chi connectivity index (χ0v) is 7.88. The Morgan fingerprint density at radius 2 is 2.08 bits per heavy atom. The van der Waals surface area contributed by atoms with Gasteiger partial charge in [-0.3, -0.25) is 0 Å². The van der Waals surface area contributed by atoms with Crippen LogP contribution in [0.4, 0.5) is 0 Å². The maximum atomic E-state index is 8.57. The predicted octanol–water partition coefficient (Wildman–Crippen LogP) is 1.98. The number of aliphatic hydroxyl groups excluding tert-OH is 1. The molecule has 0 saturated heterocycles. The average molecular weight is 174 g/mol. The Morgan fingerprint density at radius 3 is 2.77 bits per heavy atom. The summed E-state index contributed by atoms with van der Waals surface area (Å²) in [5.74, 6) is 5.98. The molecule has 0 aromatic heterocycles. The molecule has 0 bridgehead atoms. The van der Waals surface area contributed by atoms with Gasteiger partial charge in [0.15, 0.2) is 0 Å². The van der Waals surface area contributed by atoms with Crippen molar-refractivity contribution in [2.75, 3.05) is 6.61 Å². The van der Waals surface area contributed by atoms with Crippen LogP contribution >= 0.6 is 0 Å². The molecule has 1 N–H and O–H groups in total. The predicted molar refractivity (Wildman–Crippen MR) is 54.4 cm³/mol. The first-order chi connectivity index (χ1) is 6.38. The van der Waals surface area contributed by atoms with E-state index < -0.39 is 0 Å². The average Bonchev–Trinajstić information content (AvgIpc) is 2.19. The molecule has 1 rings (SSSR count). The van der Waals surface area contributed by atoms with Crippen molar-refractivity contribution in [2.24, 2.45) is 0 Å². The monoisotopic (exact) mass is 174 g/mol. The van der Waals surface area contributed by atoms with Gasteiger partial charge in [-0.05, 0) is 18.1 Å². The van der Waals surface area contributed by atoms with E-state index in [0.717, 1.165) is 12.0 Å². The maximum absolute atomic E-state index is 8.57. The summed E-state index contributed by atoms with van der Waals surface area (Å²) < 4.78 is 0. The van der Waals surface area contributed by atoms with E-state index in [-0.39, 0.29) is 6.61 Å². The minimum Gasteiger partial charge on any atom is -0.395 e. The van der Waals surface area contributed by atoms with Crippen LogP contribution in [0, 0.1) is 11.8 Å². The Morgan fingerprint density at radius 1 is 1.31 bits per heavy atom. The molecule has 0 heterocycles. The summed E-state index contributed by atoms with van der Waals surface area (Å²) in [5, 5.41) is 8.57. The number of benzene rings is 1. The number of aryl methyl sites for hydroxylation is 1. The van der Waals surface area contributed by atoms with Crippen LogP contribution in [-0.2, 0) is 6.42 Å². The van der Waals surface area contributed by atoms with Crippen molar-refractivity contribution in [3.63, 3.8) is 0 Å². The number of rotatable bonds is 2. The van der Waals surface area contributed by atoms with E-state index >= 15 is 0 Å². The third kappa shape index (κ3) is 2.93. The van der Waals surface area contributed by atoms with Gasteiger partial charge in [0.05, 0.1) is 6.61 Å². The second kappa shape index (κ2) is 5.40. The Bertz CT molecular complexity index is 317. The Labute approximate surface area is 79.4 Å². The molecule has 1 heteroatoms. The first kappa shape index (κ1) is 9.83. The van der Waals surface area contributed by atoms with Crippen molar-refractivity contribution in [2.45, 2.75) is 19.8 Å². The summed E-state index contributed by atoms with van der Waals surface area (Å²) in [4.78, 5) is 0. The maximum Gasteiger partial charge on any atom is 0.0540 e. The summed E-state index contributed by atoms with van der Waals surface area (Å²) in [6.07, 6.45) is 1.56. The van der Waals surface area contributed by atoms with Crippen molar-refractivity contribution >= 4 is 0 Å². The zero-order chi connectivity index (χ0) is 9.52. The van der Waals surface area contributed by atoms with E-state index in [0.29, 0.717) is 6.42 Å². The molecule has 1 aromatic rings. The first-order valence-electron chi connectivity index (χ1n) is 4.56. The van der Waals surface area contributed by atoms with Gasteiger partial charge in [-0.25, -0.2) is 0 Å². The van der Waals surface area contributed by atoms with Gasteiger partial charge < -0.3 is 5.11 Å².